The van der Waals surface area contributed by atoms with Crippen molar-refractivity contribution in [1.82, 2.24) is 14.8 Å². The number of benzene rings is 2. The van der Waals surface area contributed by atoms with Crippen molar-refractivity contribution in [2.75, 3.05) is 33.3 Å². The number of nitrogens with zero attached hydrogens (tertiary/aromatic N) is 4. The molecule has 0 radical (unpaired) electrons. The van der Waals surface area contributed by atoms with Crippen molar-refractivity contribution >= 4 is 5.91 Å². The van der Waals surface area contributed by atoms with Crippen LogP contribution >= 0.6 is 0 Å². The lowest BCUT2D eigenvalue weighted by Crippen LogP contribution is -2.49. The molecule has 0 aliphatic carbocycles. The summed E-state index contributed by atoms with van der Waals surface area (Å²) >= 11 is 0. The summed E-state index contributed by atoms with van der Waals surface area (Å²) in [6.07, 6.45) is 2.53. The molecule has 0 saturated carbocycles. The van der Waals surface area contributed by atoms with Gasteiger partial charge in [-0.15, -0.1) is 0 Å². The van der Waals surface area contributed by atoms with Crippen LogP contribution in [0.5, 0.6) is 5.75 Å². The number of nitriles is 1. The number of methoxy groups -OCH3 is 1. The smallest absolute Gasteiger partial charge is 0.223 e. The van der Waals surface area contributed by atoms with E-state index in [1.54, 1.807) is 13.3 Å². The fourth-order valence-electron chi connectivity index (χ4n) is 3.92. The highest BCUT2D eigenvalue weighted by atomic mass is 16.5. The van der Waals surface area contributed by atoms with Crippen LogP contribution in [0.15, 0.2) is 65.2 Å². The summed E-state index contributed by atoms with van der Waals surface area (Å²) in [7, 11) is 1.62. The van der Waals surface area contributed by atoms with E-state index in [2.05, 4.69) is 16.0 Å². The fourth-order valence-corrected chi connectivity index (χ4v) is 3.92. The first kappa shape index (κ1) is 21.6. The van der Waals surface area contributed by atoms with Crippen LogP contribution in [0.1, 0.15) is 23.9 Å². The Hall–Kier alpha value is -3.63. The number of hydrogen-bond donors (Lipinski definition) is 0. The molecule has 32 heavy (non-hydrogen) atoms. The molecule has 1 aliphatic heterocycles. The zero-order valence-corrected chi connectivity index (χ0v) is 18.1. The van der Waals surface area contributed by atoms with Crippen molar-refractivity contribution in [2.24, 2.45) is 0 Å². The van der Waals surface area contributed by atoms with Gasteiger partial charge in [0.05, 0.1) is 19.4 Å². The van der Waals surface area contributed by atoms with Gasteiger partial charge in [0.15, 0.2) is 11.7 Å². The summed E-state index contributed by atoms with van der Waals surface area (Å²) in [5.74, 6) is 2.13. The highest BCUT2D eigenvalue weighted by molar-refractivity contribution is 5.76. The molecule has 1 aliphatic rings. The maximum atomic E-state index is 12.7. The molecule has 3 aromatic rings. The zero-order chi connectivity index (χ0) is 22.3. The van der Waals surface area contributed by atoms with E-state index in [0.29, 0.717) is 50.7 Å². The van der Waals surface area contributed by atoms with Crippen molar-refractivity contribution in [3.05, 3.63) is 72.2 Å². The SMILES string of the molecule is COc1ccc(C(C#N)N2CCN(C(=O)CCc3ncc(-c4ccccc4)o3)CC2)cc1. The topological polar surface area (TPSA) is 82.6 Å². The Morgan fingerprint density at radius 3 is 2.50 bits per heavy atom. The van der Waals surface area contributed by atoms with Crippen LogP contribution in [-0.2, 0) is 11.2 Å². The highest BCUT2D eigenvalue weighted by Crippen LogP contribution is 2.24. The third-order valence-electron chi connectivity index (χ3n) is 5.75. The molecular formula is C25H26N4O3. The molecule has 7 heteroatoms. The number of oxazole rings is 1. The standard InChI is InChI=1S/C25H26N4O3/c1-31-21-9-7-19(8-10-21)22(17-26)28-13-15-29(16-14-28)25(30)12-11-24-27-18-23(32-24)20-5-3-2-4-6-20/h2-10,18,22H,11-16H2,1H3. The molecular weight excluding hydrogens is 404 g/mol. The minimum atomic E-state index is -0.332. The molecule has 1 unspecified atom stereocenters. The van der Waals surface area contributed by atoms with Gasteiger partial charge >= 0.3 is 0 Å². The average molecular weight is 431 g/mol. The van der Waals surface area contributed by atoms with Crippen LogP contribution in [0.4, 0.5) is 0 Å². The molecule has 2 heterocycles. The quantitative estimate of drug-likeness (QED) is 0.569. The number of ether oxygens (including phenoxy) is 1. The van der Waals surface area contributed by atoms with E-state index < -0.39 is 0 Å². The van der Waals surface area contributed by atoms with Crippen molar-refractivity contribution in [3.8, 4) is 23.1 Å². The monoisotopic (exact) mass is 430 g/mol. The van der Waals surface area contributed by atoms with E-state index in [1.165, 1.54) is 0 Å². The molecule has 164 valence electrons. The largest absolute Gasteiger partial charge is 0.497 e. The number of rotatable bonds is 7. The number of amides is 1. The number of hydrogen-bond acceptors (Lipinski definition) is 6. The van der Waals surface area contributed by atoms with Crippen molar-refractivity contribution in [2.45, 2.75) is 18.9 Å². The van der Waals surface area contributed by atoms with Crippen LogP contribution < -0.4 is 4.74 Å². The molecule has 7 nitrogen and oxygen atoms in total. The Morgan fingerprint density at radius 2 is 1.84 bits per heavy atom. The number of aryl methyl sites for hydroxylation is 1. The van der Waals surface area contributed by atoms with Crippen LogP contribution in [0, 0.1) is 11.3 Å². The number of carbonyl (C=O) groups is 1. The van der Waals surface area contributed by atoms with Crippen molar-refractivity contribution in [1.29, 1.82) is 5.26 Å². The molecule has 1 atom stereocenters. The fraction of sp³-hybridized carbons (Fsp3) is 0.320. The minimum Gasteiger partial charge on any atom is -0.497 e. The van der Waals surface area contributed by atoms with Gasteiger partial charge in [-0.3, -0.25) is 9.69 Å². The second kappa shape index (κ2) is 10.1. The molecule has 1 fully saturated rings. The van der Waals surface area contributed by atoms with Crippen LogP contribution in [0.3, 0.4) is 0 Å². The van der Waals surface area contributed by atoms with E-state index >= 15 is 0 Å². The third kappa shape index (κ3) is 4.98. The van der Waals surface area contributed by atoms with E-state index in [-0.39, 0.29) is 11.9 Å². The average Bonchev–Trinajstić information content (AvgIpc) is 3.33. The van der Waals surface area contributed by atoms with Gasteiger partial charge in [0, 0.05) is 44.6 Å². The first-order valence-electron chi connectivity index (χ1n) is 10.7. The van der Waals surface area contributed by atoms with Crippen LogP contribution in [-0.4, -0.2) is 54.0 Å². The lowest BCUT2D eigenvalue weighted by molar-refractivity contribution is -0.133. The maximum absolute atomic E-state index is 12.7. The molecule has 2 aromatic carbocycles. The second-order valence-corrected chi connectivity index (χ2v) is 7.71. The van der Waals surface area contributed by atoms with Gasteiger partial charge in [-0.25, -0.2) is 4.98 Å². The molecule has 1 saturated heterocycles. The Bertz CT molecular complexity index is 1060. The third-order valence-corrected chi connectivity index (χ3v) is 5.75. The van der Waals surface area contributed by atoms with Gasteiger partial charge in [-0.2, -0.15) is 5.26 Å². The number of piperazine rings is 1. The Balaban J connectivity index is 1.28. The Morgan fingerprint density at radius 1 is 1.12 bits per heavy atom. The zero-order valence-electron chi connectivity index (χ0n) is 18.1. The summed E-state index contributed by atoms with van der Waals surface area (Å²) in [5.41, 5.74) is 1.91. The predicted molar refractivity (Wildman–Crippen MR) is 120 cm³/mol. The van der Waals surface area contributed by atoms with Crippen LogP contribution in [0.2, 0.25) is 0 Å². The van der Waals surface area contributed by atoms with E-state index in [9.17, 15) is 10.1 Å². The Kier molecular flexibility index (Phi) is 6.83. The first-order valence-corrected chi connectivity index (χ1v) is 10.7. The number of carbonyl (C=O) groups excluding carboxylic acids is 1. The predicted octanol–water partition coefficient (Wildman–Crippen LogP) is 3.69. The molecule has 1 aromatic heterocycles. The van der Waals surface area contributed by atoms with E-state index in [0.717, 1.165) is 16.9 Å². The van der Waals surface area contributed by atoms with Gasteiger partial charge < -0.3 is 14.1 Å². The molecule has 0 N–H and O–H groups in total. The second-order valence-electron chi connectivity index (χ2n) is 7.71. The summed E-state index contributed by atoms with van der Waals surface area (Å²) in [4.78, 5) is 21.0. The summed E-state index contributed by atoms with van der Waals surface area (Å²) in [6.45, 7) is 2.53. The molecule has 0 spiro atoms. The number of aromatic nitrogens is 1. The first-order chi connectivity index (χ1) is 15.7. The van der Waals surface area contributed by atoms with Gasteiger partial charge in [-0.1, -0.05) is 42.5 Å². The van der Waals surface area contributed by atoms with Crippen molar-refractivity contribution < 1.29 is 13.9 Å². The summed E-state index contributed by atoms with van der Waals surface area (Å²) < 4.78 is 11.0. The maximum Gasteiger partial charge on any atom is 0.223 e. The van der Waals surface area contributed by atoms with E-state index in [4.69, 9.17) is 9.15 Å². The summed E-state index contributed by atoms with van der Waals surface area (Å²) in [6, 6.07) is 19.4. The Labute approximate surface area is 187 Å². The van der Waals surface area contributed by atoms with E-state index in [1.807, 2.05) is 59.5 Å². The molecule has 4 rings (SSSR count). The minimum absolute atomic E-state index is 0.0852. The van der Waals surface area contributed by atoms with Crippen molar-refractivity contribution in [3.63, 3.8) is 0 Å². The normalized spacial score (nSPS) is 15.2. The van der Waals surface area contributed by atoms with Gasteiger partial charge in [0.1, 0.15) is 11.8 Å². The van der Waals surface area contributed by atoms with Gasteiger partial charge in [0.2, 0.25) is 5.91 Å². The lowest BCUT2D eigenvalue weighted by Gasteiger charge is -2.37. The van der Waals surface area contributed by atoms with Gasteiger partial charge in [-0.05, 0) is 17.7 Å². The van der Waals surface area contributed by atoms with Crippen LogP contribution in [0.25, 0.3) is 11.3 Å². The van der Waals surface area contributed by atoms with Gasteiger partial charge in [0.25, 0.3) is 0 Å². The molecule has 0 bridgehead atoms. The highest BCUT2D eigenvalue weighted by Gasteiger charge is 2.27. The summed E-state index contributed by atoms with van der Waals surface area (Å²) in [5, 5.41) is 9.71. The molecule has 1 amide bonds. The lowest BCUT2D eigenvalue weighted by atomic mass is 10.1.